The molecule has 2 aromatic carbocycles. The highest BCUT2D eigenvalue weighted by Gasteiger charge is 2.27. The highest BCUT2D eigenvalue weighted by Crippen LogP contribution is 2.23. The van der Waals surface area contributed by atoms with Crippen molar-refractivity contribution in [3.63, 3.8) is 0 Å². The summed E-state index contributed by atoms with van der Waals surface area (Å²) in [5, 5.41) is 11.8. The van der Waals surface area contributed by atoms with Gasteiger partial charge in [0.15, 0.2) is 0 Å². The second kappa shape index (κ2) is 6.94. The van der Waals surface area contributed by atoms with Gasteiger partial charge in [-0.05, 0) is 30.7 Å². The minimum atomic E-state index is -0.110. The molecule has 0 bridgehead atoms. The first kappa shape index (κ1) is 16.8. The van der Waals surface area contributed by atoms with E-state index in [0.29, 0.717) is 23.8 Å². The molecule has 1 atom stereocenters. The Labute approximate surface area is 157 Å². The second-order valence-electron chi connectivity index (χ2n) is 6.46. The molecule has 2 heterocycles. The third-order valence-electron chi connectivity index (χ3n) is 4.50. The van der Waals surface area contributed by atoms with E-state index in [-0.39, 0.29) is 12.1 Å². The van der Waals surface area contributed by atoms with Gasteiger partial charge in [-0.2, -0.15) is 5.10 Å². The molecule has 26 heavy (non-hydrogen) atoms. The Morgan fingerprint density at radius 2 is 2.04 bits per heavy atom. The fraction of sp³-hybridized carbons (Fsp3) is 0.200. The van der Waals surface area contributed by atoms with Crippen molar-refractivity contribution in [2.75, 3.05) is 6.54 Å². The molecule has 0 fully saturated rings. The van der Waals surface area contributed by atoms with Crippen LogP contribution in [0.2, 0.25) is 5.02 Å². The zero-order valence-corrected chi connectivity index (χ0v) is 15.1. The van der Waals surface area contributed by atoms with E-state index in [1.165, 1.54) is 5.56 Å². The molecule has 1 aromatic heterocycles. The van der Waals surface area contributed by atoms with E-state index in [9.17, 15) is 4.79 Å². The Kier molecular flexibility index (Phi) is 4.49. The average Bonchev–Trinajstić information content (AvgIpc) is 3.08. The number of halogens is 1. The largest absolute Gasteiger partial charge is 0.347 e. The maximum Gasteiger partial charge on any atom is 0.269 e. The zero-order valence-electron chi connectivity index (χ0n) is 14.4. The van der Waals surface area contributed by atoms with Gasteiger partial charge in [-0.3, -0.25) is 10.1 Å². The monoisotopic (exact) mass is 366 g/mol. The molecule has 132 valence electrons. The Morgan fingerprint density at radius 3 is 2.81 bits per heavy atom. The van der Waals surface area contributed by atoms with Crippen molar-refractivity contribution in [1.29, 1.82) is 0 Å². The number of rotatable bonds is 4. The molecule has 6 heteroatoms. The van der Waals surface area contributed by atoms with Gasteiger partial charge in [-0.25, -0.2) is 4.68 Å². The summed E-state index contributed by atoms with van der Waals surface area (Å²) in [6.45, 7) is 3.17. The first-order valence-corrected chi connectivity index (χ1v) is 8.90. The number of hydrogen-bond acceptors (Lipinski definition) is 3. The molecule has 0 saturated carbocycles. The summed E-state index contributed by atoms with van der Waals surface area (Å²) < 4.78 is 1.78. The van der Waals surface area contributed by atoms with Crippen molar-refractivity contribution in [2.45, 2.75) is 19.6 Å². The molecule has 1 aliphatic heterocycles. The van der Waals surface area contributed by atoms with E-state index in [0.717, 1.165) is 16.8 Å². The van der Waals surface area contributed by atoms with Gasteiger partial charge in [0.25, 0.3) is 5.91 Å². The van der Waals surface area contributed by atoms with Gasteiger partial charge in [0, 0.05) is 17.1 Å². The number of benzene rings is 2. The number of nitrogens with zero attached hydrogens (tertiary/aromatic N) is 2. The summed E-state index contributed by atoms with van der Waals surface area (Å²) in [5.41, 5.74) is 4.64. The SMILES string of the molecule is Cc1ccc(-c2cc3n(n2)[C@H](NCc2cccc(Cl)c2)CNC3=O)cc1. The topological polar surface area (TPSA) is 59.0 Å². The van der Waals surface area contributed by atoms with Gasteiger partial charge in [0.2, 0.25) is 0 Å². The van der Waals surface area contributed by atoms with Crippen LogP contribution in [0, 0.1) is 6.92 Å². The van der Waals surface area contributed by atoms with Crippen LogP contribution in [0.3, 0.4) is 0 Å². The Bertz CT molecular complexity index is 949. The van der Waals surface area contributed by atoms with E-state index in [2.05, 4.69) is 15.7 Å². The van der Waals surface area contributed by atoms with Crippen LogP contribution >= 0.6 is 11.6 Å². The maximum absolute atomic E-state index is 12.2. The minimum absolute atomic E-state index is 0.100. The van der Waals surface area contributed by atoms with Gasteiger partial charge < -0.3 is 5.32 Å². The van der Waals surface area contributed by atoms with E-state index in [1.807, 2.05) is 61.5 Å². The van der Waals surface area contributed by atoms with E-state index in [4.69, 9.17) is 11.6 Å². The quantitative estimate of drug-likeness (QED) is 0.742. The number of nitrogens with one attached hydrogen (secondary N) is 2. The Morgan fingerprint density at radius 1 is 1.23 bits per heavy atom. The van der Waals surface area contributed by atoms with Crippen LogP contribution in [-0.2, 0) is 6.54 Å². The second-order valence-corrected chi connectivity index (χ2v) is 6.90. The first-order valence-electron chi connectivity index (χ1n) is 8.53. The van der Waals surface area contributed by atoms with Gasteiger partial charge in [0.1, 0.15) is 11.9 Å². The van der Waals surface area contributed by atoms with E-state index >= 15 is 0 Å². The molecule has 4 rings (SSSR count). The fourth-order valence-electron chi connectivity index (χ4n) is 3.07. The van der Waals surface area contributed by atoms with E-state index in [1.54, 1.807) is 4.68 Å². The molecule has 1 amide bonds. The first-order chi connectivity index (χ1) is 12.6. The molecule has 1 aliphatic rings. The number of amides is 1. The summed E-state index contributed by atoms with van der Waals surface area (Å²) in [5.74, 6) is -0.100. The minimum Gasteiger partial charge on any atom is -0.347 e. The van der Waals surface area contributed by atoms with E-state index < -0.39 is 0 Å². The van der Waals surface area contributed by atoms with Crippen LogP contribution in [0.5, 0.6) is 0 Å². The van der Waals surface area contributed by atoms with Gasteiger partial charge >= 0.3 is 0 Å². The summed E-state index contributed by atoms with van der Waals surface area (Å²) in [7, 11) is 0. The predicted molar refractivity (Wildman–Crippen MR) is 102 cm³/mol. The fourth-order valence-corrected chi connectivity index (χ4v) is 3.29. The number of aromatic nitrogens is 2. The smallest absolute Gasteiger partial charge is 0.269 e. The summed E-state index contributed by atoms with van der Waals surface area (Å²) in [6, 6.07) is 17.7. The molecule has 3 aromatic rings. The third kappa shape index (κ3) is 3.36. The molecule has 0 unspecified atom stereocenters. The summed E-state index contributed by atoms with van der Waals surface area (Å²) in [4.78, 5) is 12.2. The van der Waals surface area contributed by atoms with Crippen LogP contribution < -0.4 is 10.6 Å². The van der Waals surface area contributed by atoms with Gasteiger partial charge in [0.05, 0.1) is 12.2 Å². The normalized spacial score (nSPS) is 16.2. The maximum atomic E-state index is 12.2. The van der Waals surface area contributed by atoms with Crippen LogP contribution in [0.25, 0.3) is 11.3 Å². The summed E-state index contributed by atoms with van der Waals surface area (Å²) >= 11 is 6.05. The van der Waals surface area contributed by atoms with Crippen LogP contribution in [0.15, 0.2) is 54.6 Å². The molecule has 0 spiro atoms. The van der Waals surface area contributed by atoms with Crippen LogP contribution in [-0.4, -0.2) is 22.2 Å². The molecule has 5 nitrogen and oxygen atoms in total. The molecule has 0 saturated heterocycles. The lowest BCUT2D eigenvalue weighted by Gasteiger charge is -2.25. The highest BCUT2D eigenvalue weighted by atomic mass is 35.5. The number of carbonyl (C=O) groups excluding carboxylic acids is 1. The number of aryl methyl sites for hydroxylation is 1. The van der Waals surface area contributed by atoms with Crippen LogP contribution in [0.1, 0.15) is 27.8 Å². The third-order valence-corrected chi connectivity index (χ3v) is 4.73. The van der Waals surface area contributed by atoms with Crippen molar-refractivity contribution < 1.29 is 4.79 Å². The Hall–Kier alpha value is -2.63. The van der Waals surface area contributed by atoms with Gasteiger partial charge in [-0.15, -0.1) is 0 Å². The Balaban J connectivity index is 1.59. The summed E-state index contributed by atoms with van der Waals surface area (Å²) in [6.07, 6.45) is -0.110. The molecular formula is C20H19ClN4O. The molecule has 0 aliphatic carbocycles. The van der Waals surface area contributed by atoms with Crippen molar-refractivity contribution in [3.05, 3.63) is 76.4 Å². The van der Waals surface area contributed by atoms with Crippen molar-refractivity contribution >= 4 is 17.5 Å². The molecule has 0 radical (unpaired) electrons. The van der Waals surface area contributed by atoms with Crippen LogP contribution in [0.4, 0.5) is 0 Å². The van der Waals surface area contributed by atoms with Crippen molar-refractivity contribution in [2.24, 2.45) is 0 Å². The number of carbonyl (C=O) groups is 1. The lowest BCUT2D eigenvalue weighted by molar-refractivity contribution is 0.0900. The van der Waals surface area contributed by atoms with Gasteiger partial charge in [-0.1, -0.05) is 53.6 Å². The lowest BCUT2D eigenvalue weighted by Crippen LogP contribution is -2.45. The highest BCUT2D eigenvalue weighted by molar-refractivity contribution is 6.30. The number of fused-ring (bicyclic) bond motifs is 1. The molecular weight excluding hydrogens is 348 g/mol. The lowest BCUT2D eigenvalue weighted by atomic mass is 10.1. The standard InChI is InChI=1S/C20H19ClN4O/c1-13-5-7-15(8-6-13)17-10-18-20(26)23-12-19(25(18)24-17)22-11-14-3-2-4-16(21)9-14/h2-10,19,22H,11-12H2,1H3,(H,23,26)/t19-/m0/s1. The predicted octanol–water partition coefficient (Wildman–Crippen LogP) is 3.54. The molecule has 2 N–H and O–H groups in total. The average molecular weight is 367 g/mol. The van der Waals surface area contributed by atoms with Crippen molar-refractivity contribution in [1.82, 2.24) is 20.4 Å². The zero-order chi connectivity index (χ0) is 18.1. The number of hydrogen-bond donors (Lipinski definition) is 2. The van der Waals surface area contributed by atoms with Crippen molar-refractivity contribution in [3.8, 4) is 11.3 Å².